The van der Waals surface area contributed by atoms with Crippen LogP contribution < -0.4 is 10.6 Å². The van der Waals surface area contributed by atoms with Crippen molar-refractivity contribution in [2.75, 3.05) is 11.9 Å². The van der Waals surface area contributed by atoms with Crippen LogP contribution in [0.15, 0.2) is 48.5 Å². The van der Waals surface area contributed by atoms with Crippen LogP contribution in [0, 0.1) is 10.1 Å². The van der Waals surface area contributed by atoms with E-state index in [2.05, 4.69) is 10.6 Å². The first kappa shape index (κ1) is 21.0. The largest absolute Gasteiger partial charge is 0.462 e. The predicted octanol–water partition coefficient (Wildman–Crippen LogP) is 3.68. The fourth-order valence-electron chi connectivity index (χ4n) is 2.18. The molecule has 0 atom stereocenters. The summed E-state index contributed by atoms with van der Waals surface area (Å²) < 4.78 is 5.13. The molecule has 0 saturated heterocycles. The van der Waals surface area contributed by atoms with E-state index in [1.807, 2.05) is 6.92 Å². The number of hydrogen-bond acceptors (Lipinski definition) is 6. The summed E-state index contributed by atoms with van der Waals surface area (Å²) in [4.78, 5) is 34.2. The maximum Gasteiger partial charge on any atom is 0.338 e. The zero-order chi connectivity index (χ0) is 20.5. The van der Waals surface area contributed by atoms with Crippen molar-refractivity contribution >= 4 is 40.6 Å². The normalized spacial score (nSPS) is 10.0. The fraction of sp³-hybridized carbons (Fsp3) is 0.211. The molecular formula is C19H19N3O5S. The van der Waals surface area contributed by atoms with Crippen molar-refractivity contribution in [2.24, 2.45) is 0 Å². The molecule has 0 heterocycles. The molecule has 0 aliphatic rings. The number of carbonyl (C=O) groups excluding carboxylic acids is 2. The van der Waals surface area contributed by atoms with Crippen molar-refractivity contribution in [2.45, 2.75) is 19.8 Å². The predicted molar refractivity (Wildman–Crippen MR) is 108 cm³/mol. The van der Waals surface area contributed by atoms with Crippen LogP contribution in [0.5, 0.6) is 0 Å². The molecule has 0 aliphatic heterocycles. The number of nitro benzene ring substituents is 1. The summed E-state index contributed by atoms with van der Waals surface area (Å²) in [6.07, 6.45) is 1.75. The van der Waals surface area contributed by atoms with Crippen molar-refractivity contribution in [3.05, 3.63) is 69.8 Å². The summed E-state index contributed by atoms with van der Waals surface area (Å²) in [6.45, 7) is 2.39. The van der Waals surface area contributed by atoms with E-state index in [9.17, 15) is 19.7 Å². The molecule has 2 aromatic carbocycles. The lowest BCUT2D eigenvalue weighted by Gasteiger charge is -2.10. The first-order chi connectivity index (χ1) is 13.4. The summed E-state index contributed by atoms with van der Waals surface area (Å²) in [5.74, 6) is -0.973. The van der Waals surface area contributed by atoms with E-state index < -0.39 is 16.8 Å². The van der Waals surface area contributed by atoms with Gasteiger partial charge in [-0.25, -0.2) is 4.79 Å². The molecular weight excluding hydrogens is 382 g/mol. The molecule has 0 aromatic heterocycles. The SMILES string of the molecule is CCCCOC(=O)c1ccc(NC(=S)NC(=O)c2cccc([N+](=O)[O-])c2)cc1. The number of thiocarbonyl (C=S) groups is 1. The third-order valence-electron chi connectivity index (χ3n) is 3.66. The highest BCUT2D eigenvalue weighted by Crippen LogP contribution is 2.14. The van der Waals surface area contributed by atoms with Gasteiger partial charge in [0.15, 0.2) is 5.11 Å². The zero-order valence-corrected chi connectivity index (χ0v) is 16.0. The number of hydrogen-bond donors (Lipinski definition) is 2. The number of ether oxygens (including phenoxy) is 1. The highest BCUT2D eigenvalue weighted by molar-refractivity contribution is 7.80. The monoisotopic (exact) mass is 401 g/mol. The van der Waals surface area contributed by atoms with Gasteiger partial charge in [0.05, 0.1) is 17.1 Å². The summed E-state index contributed by atoms with van der Waals surface area (Å²) in [7, 11) is 0. The molecule has 2 aromatic rings. The number of esters is 1. The molecule has 2 rings (SSSR count). The molecule has 28 heavy (non-hydrogen) atoms. The molecule has 0 spiro atoms. The van der Waals surface area contributed by atoms with Crippen molar-refractivity contribution in [1.29, 1.82) is 0 Å². The third-order valence-corrected chi connectivity index (χ3v) is 3.86. The van der Waals surface area contributed by atoms with Gasteiger partial charge >= 0.3 is 5.97 Å². The van der Waals surface area contributed by atoms with E-state index in [0.717, 1.165) is 18.9 Å². The summed E-state index contributed by atoms with van der Waals surface area (Å²) >= 11 is 5.08. The molecule has 8 nitrogen and oxygen atoms in total. The van der Waals surface area contributed by atoms with Crippen molar-refractivity contribution < 1.29 is 19.2 Å². The average Bonchev–Trinajstić information content (AvgIpc) is 2.68. The van der Waals surface area contributed by atoms with Gasteiger partial charge in [-0.2, -0.15) is 0 Å². The Kier molecular flexibility index (Phi) is 7.58. The minimum atomic E-state index is -0.581. The number of nitrogens with zero attached hydrogens (tertiary/aromatic N) is 1. The second-order valence-electron chi connectivity index (χ2n) is 5.78. The molecule has 146 valence electrons. The number of carbonyl (C=O) groups is 2. The van der Waals surface area contributed by atoms with Gasteiger partial charge in [0.25, 0.3) is 11.6 Å². The van der Waals surface area contributed by atoms with Crippen LogP contribution >= 0.6 is 12.2 Å². The van der Waals surface area contributed by atoms with Gasteiger partial charge in [-0.1, -0.05) is 19.4 Å². The van der Waals surface area contributed by atoms with E-state index in [0.29, 0.717) is 17.9 Å². The van der Waals surface area contributed by atoms with Crippen molar-refractivity contribution in [3.63, 3.8) is 0 Å². The number of rotatable bonds is 7. The number of amides is 1. The lowest BCUT2D eigenvalue weighted by atomic mass is 10.2. The Morgan fingerprint density at radius 3 is 2.50 bits per heavy atom. The third kappa shape index (κ3) is 6.13. The molecule has 0 unspecified atom stereocenters. The van der Waals surface area contributed by atoms with Crippen LogP contribution in [0.25, 0.3) is 0 Å². The smallest absolute Gasteiger partial charge is 0.338 e. The second-order valence-corrected chi connectivity index (χ2v) is 6.19. The van der Waals surface area contributed by atoms with Gasteiger partial charge in [0.1, 0.15) is 0 Å². The minimum absolute atomic E-state index is 0.0229. The Morgan fingerprint density at radius 1 is 1.14 bits per heavy atom. The summed E-state index contributed by atoms with van der Waals surface area (Å²) in [5, 5.41) is 16.1. The molecule has 0 saturated carbocycles. The number of non-ortho nitro benzene ring substituents is 1. The Hall–Kier alpha value is -3.33. The fourth-order valence-corrected chi connectivity index (χ4v) is 2.39. The van der Waals surface area contributed by atoms with E-state index in [4.69, 9.17) is 17.0 Å². The molecule has 0 fully saturated rings. The van der Waals surface area contributed by atoms with Crippen LogP contribution in [0.4, 0.5) is 11.4 Å². The Bertz CT molecular complexity index is 883. The average molecular weight is 401 g/mol. The molecule has 0 radical (unpaired) electrons. The van der Waals surface area contributed by atoms with Gasteiger partial charge in [-0.05, 0) is 49.0 Å². The van der Waals surface area contributed by atoms with E-state index in [1.165, 1.54) is 18.2 Å². The molecule has 1 amide bonds. The van der Waals surface area contributed by atoms with E-state index >= 15 is 0 Å². The highest BCUT2D eigenvalue weighted by Gasteiger charge is 2.13. The van der Waals surface area contributed by atoms with Gasteiger partial charge in [-0.15, -0.1) is 0 Å². The van der Waals surface area contributed by atoms with Gasteiger partial charge in [0, 0.05) is 23.4 Å². The highest BCUT2D eigenvalue weighted by atomic mass is 32.1. The van der Waals surface area contributed by atoms with Crippen molar-refractivity contribution in [1.82, 2.24) is 5.32 Å². The van der Waals surface area contributed by atoms with Crippen LogP contribution in [0.1, 0.15) is 40.5 Å². The maximum absolute atomic E-state index is 12.2. The summed E-state index contributed by atoms with van der Waals surface area (Å²) in [5.41, 5.74) is 0.902. The van der Waals surface area contributed by atoms with Crippen LogP contribution in [-0.4, -0.2) is 28.5 Å². The van der Waals surface area contributed by atoms with Gasteiger partial charge < -0.3 is 10.1 Å². The first-order valence-corrected chi connectivity index (χ1v) is 8.95. The van der Waals surface area contributed by atoms with Crippen molar-refractivity contribution in [3.8, 4) is 0 Å². The van der Waals surface area contributed by atoms with Crippen LogP contribution in [-0.2, 0) is 4.74 Å². The quantitative estimate of drug-likeness (QED) is 0.239. The minimum Gasteiger partial charge on any atom is -0.462 e. The topological polar surface area (TPSA) is 111 Å². The van der Waals surface area contributed by atoms with Gasteiger partial charge in [-0.3, -0.25) is 20.2 Å². The Morgan fingerprint density at radius 2 is 1.86 bits per heavy atom. The number of nitrogens with one attached hydrogen (secondary N) is 2. The number of benzene rings is 2. The second kappa shape index (κ2) is 10.1. The standard InChI is InChI=1S/C19H19N3O5S/c1-2-3-11-27-18(24)13-7-9-15(10-8-13)20-19(28)21-17(23)14-5-4-6-16(12-14)22(25)26/h4-10,12H,2-3,11H2,1H3,(H2,20,21,23,28). The zero-order valence-electron chi connectivity index (χ0n) is 15.1. The molecule has 0 bridgehead atoms. The molecule has 0 aliphatic carbocycles. The van der Waals surface area contributed by atoms with Crippen LogP contribution in [0.2, 0.25) is 0 Å². The van der Waals surface area contributed by atoms with E-state index in [1.54, 1.807) is 24.3 Å². The van der Waals surface area contributed by atoms with Gasteiger partial charge in [0.2, 0.25) is 0 Å². The van der Waals surface area contributed by atoms with E-state index in [-0.39, 0.29) is 16.4 Å². The number of unbranched alkanes of at least 4 members (excludes halogenated alkanes) is 1. The Labute approximate surface area is 167 Å². The first-order valence-electron chi connectivity index (χ1n) is 8.54. The number of nitro groups is 1. The molecule has 2 N–H and O–H groups in total. The number of anilines is 1. The molecule has 9 heteroatoms. The summed E-state index contributed by atoms with van der Waals surface area (Å²) in [6, 6.07) is 11.7. The maximum atomic E-state index is 12.2. The van der Waals surface area contributed by atoms with Crippen LogP contribution in [0.3, 0.4) is 0 Å². The lowest BCUT2D eigenvalue weighted by molar-refractivity contribution is -0.384. The lowest BCUT2D eigenvalue weighted by Crippen LogP contribution is -2.34. The Balaban J connectivity index is 1.92.